The summed E-state index contributed by atoms with van der Waals surface area (Å²) in [5.74, 6) is -0.130. The zero-order valence-corrected chi connectivity index (χ0v) is 11.6. The Morgan fingerprint density at radius 3 is 2.47 bits per heavy atom. The molecule has 1 saturated heterocycles. The lowest BCUT2D eigenvalue weighted by Gasteiger charge is -2.29. The molecule has 1 heterocycles. The molecule has 3 N–H and O–H groups in total. The van der Waals surface area contributed by atoms with Crippen molar-refractivity contribution < 1.29 is 13.5 Å². The van der Waals surface area contributed by atoms with Gasteiger partial charge in [-0.05, 0) is 5.56 Å². The van der Waals surface area contributed by atoms with E-state index in [9.17, 15) is 13.5 Å². The second-order valence-corrected chi connectivity index (χ2v) is 7.11. The van der Waals surface area contributed by atoms with Crippen molar-refractivity contribution in [1.82, 2.24) is 4.90 Å². The van der Waals surface area contributed by atoms with Crippen LogP contribution in [0.2, 0.25) is 0 Å². The molecule has 0 aliphatic carbocycles. The van der Waals surface area contributed by atoms with E-state index in [1.807, 2.05) is 35.2 Å². The van der Waals surface area contributed by atoms with Crippen LogP contribution in [0.25, 0.3) is 0 Å². The summed E-state index contributed by atoms with van der Waals surface area (Å²) in [5, 5.41) is 9.94. The molecule has 0 spiro atoms. The summed E-state index contributed by atoms with van der Waals surface area (Å²) in [6.45, 7) is 1.62. The van der Waals surface area contributed by atoms with E-state index in [1.54, 1.807) is 0 Å². The molecule has 0 saturated carbocycles. The maximum Gasteiger partial charge on any atom is 0.154 e. The van der Waals surface area contributed by atoms with E-state index in [2.05, 4.69) is 0 Å². The van der Waals surface area contributed by atoms with Crippen molar-refractivity contribution in [1.29, 1.82) is 0 Å². The van der Waals surface area contributed by atoms with E-state index in [1.165, 1.54) is 0 Å². The Morgan fingerprint density at radius 1 is 1.26 bits per heavy atom. The first-order valence-corrected chi connectivity index (χ1v) is 8.20. The Balaban J connectivity index is 2.12. The highest BCUT2D eigenvalue weighted by Gasteiger charge is 2.39. The number of hydrogen-bond acceptors (Lipinski definition) is 5. The fraction of sp³-hybridized carbons (Fsp3) is 0.538. The summed E-state index contributed by atoms with van der Waals surface area (Å²) in [7, 11) is -3.13. The number of benzene rings is 1. The van der Waals surface area contributed by atoms with Crippen LogP contribution < -0.4 is 5.73 Å². The van der Waals surface area contributed by atoms with E-state index in [0.29, 0.717) is 19.6 Å². The molecule has 1 aromatic carbocycles. The van der Waals surface area contributed by atoms with Crippen LogP contribution >= 0.6 is 0 Å². The van der Waals surface area contributed by atoms with Crippen LogP contribution in [0, 0.1) is 0 Å². The molecule has 5 nitrogen and oxygen atoms in total. The average Bonchev–Trinajstić information content (AvgIpc) is 2.63. The van der Waals surface area contributed by atoms with Gasteiger partial charge in [0.1, 0.15) is 0 Å². The van der Waals surface area contributed by atoms with Crippen molar-refractivity contribution in [2.45, 2.75) is 18.7 Å². The summed E-state index contributed by atoms with van der Waals surface area (Å²) in [4.78, 5) is 1.96. The van der Waals surface area contributed by atoms with Crippen LogP contribution in [-0.2, 0) is 16.4 Å². The van der Waals surface area contributed by atoms with Gasteiger partial charge in [0.15, 0.2) is 9.84 Å². The molecule has 0 aromatic heterocycles. The molecule has 1 fully saturated rings. The first kappa shape index (κ1) is 14.5. The molecule has 6 heteroatoms. The van der Waals surface area contributed by atoms with E-state index in [4.69, 9.17) is 5.73 Å². The van der Waals surface area contributed by atoms with E-state index < -0.39 is 15.9 Å². The standard InChI is InChI=1S/C13H20N2O3S/c14-6-7-15(8-11-4-2-1-3-5-11)12-9-19(17,18)10-13(12)16/h1-5,12-13,16H,6-10,14H2. The molecule has 0 radical (unpaired) electrons. The van der Waals surface area contributed by atoms with Crippen molar-refractivity contribution in [3.05, 3.63) is 35.9 Å². The zero-order valence-electron chi connectivity index (χ0n) is 10.8. The van der Waals surface area contributed by atoms with Gasteiger partial charge in [-0.25, -0.2) is 8.42 Å². The molecular formula is C13H20N2O3S. The van der Waals surface area contributed by atoms with Gasteiger partial charge in [0.25, 0.3) is 0 Å². The first-order chi connectivity index (χ1) is 9.02. The third kappa shape index (κ3) is 3.76. The molecule has 19 heavy (non-hydrogen) atoms. The molecular weight excluding hydrogens is 264 g/mol. The minimum Gasteiger partial charge on any atom is -0.390 e. The van der Waals surface area contributed by atoms with Gasteiger partial charge >= 0.3 is 0 Å². The predicted molar refractivity (Wildman–Crippen MR) is 74.4 cm³/mol. The summed E-state index contributed by atoms with van der Waals surface area (Å²) in [6.07, 6.45) is -0.819. The fourth-order valence-electron chi connectivity index (χ4n) is 2.51. The van der Waals surface area contributed by atoms with Crippen molar-refractivity contribution >= 4 is 9.84 Å². The van der Waals surface area contributed by atoms with Crippen molar-refractivity contribution in [3.8, 4) is 0 Å². The van der Waals surface area contributed by atoms with Gasteiger partial charge in [-0.3, -0.25) is 4.90 Å². The SMILES string of the molecule is NCCN(Cc1ccccc1)C1CS(=O)(=O)CC1O. The molecule has 2 unspecified atom stereocenters. The van der Waals surface area contributed by atoms with E-state index in [-0.39, 0.29) is 17.5 Å². The Kier molecular flexibility index (Phi) is 4.57. The van der Waals surface area contributed by atoms with Crippen molar-refractivity contribution in [2.24, 2.45) is 5.73 Å². The van der Waals surface area contributed by atoms with E-state index in [0.717, 1.165) is 5.56 Å². The fourth-order valence-corrected chi connectivity index (χ4v) is 4.34. The lowest BCUT2D eigenvalue weighted by atomic mass is 10.1. The average molecular weight is 284 g/mol. The molecule has 106 valence electrons. The molecule has 2 rings (SSSR count). The number of nitrogens with two attached hydrogens (primary N) is 1. The summed E-state index contributed by atoms with van der Waals surface area (Å²) in [6, 6.07) is 9.44. The number of sulfone groups is 1. The maximum absolute atomic E-state index is 11.6. The minimum atomic E-state index is -3.13. The summed E-state index contributed by atoms with van der Waals surface area (Å²) in [5.41, 5.74) is 6.68. The van der Waals surface area contributed by atoms with E-state index >= 15 is 0 Å². The van der Waals surface area contributed by atoms with Gasteiger partial charge in [-0.15, -0.1) is 0 Å². The first-order valence-electron chi connectivity index (χ1n) is 6.38. The highest BCUT2D eigenvalue weighted by molar-refractivity contribution is 7.91. The lowest BCUT2D eigenvalue weighted by molar-refractivity contribution is 0.0802. The van der Waals surface area contributed by atoms with Gasteiger partial charge in [0.05, 0.1) is 23.7 Å². The van der Waals surface area contributed by atoms with Gasteiger partial charge in [-0.2, -0.15) is 0 Å². The smallest absolute Gasteiger partial charge is 0.154 e. The second kappa shape index (κ2) is 6.00. The molecule has 1 aliphatic rings. The molecule has 2 atom stereocenters. The van der Waals surface area contributed by atoms with Gasteiger partial charge in [-0.1, -0.05) is 30.3 Å². The monoisotopic (exact) mass is 284 g/mol. The zero-order chi connectivity index (χ0) is 13.9. The normalized spacial score (nSPS) is 25.8. The van der Waals surface area contributed by atoms with Crippen LogP contribution in [0.15, 0.2) is 30.3 Å². The third-order valence-corrected chi connectivity index (χ3v) is 5.11. The lowest BCUT2D eigenvalue weighted by Crippen LogP contribution is -2.44. The Bertz CT molecular complexity index is 504. The van der Waals surface area contributed by atoms with Crippen LogP contribution in [0.1, 0.15) is 5.56 Å². The third-order valence-electron chi connectivity index (χ3n) is 3.41. The minimum absolute atomic E-state index is 0.0149. The number of aliphatic hydroxyl groups is 1. The van der Waals surface area contributed by atoms with Crippen LogP contribution in [0.5, 0.6) is 0 Å². The van der Waals surface area contributed by atoms with Gasteiger partial charge in [0, 0.05) is 19.6 Å². The molecule has 1 aromatic rings. The number of hydrogen-bond donors (Lipinski definition) is 2. The molecule has 1 aliphatic heterocycles. The quantitative estimate of drug-likeness (QED) is 0.769. The highest BCUT2D eigenvalue weighted by atomic mass is 32.2. The number of nitrogens with zero attached hydrogens (tertiary/aromatic N) is 1. The summed E-state index contributed by atoms with van der Waals surface area (Å²) >= 11 is 0. The number of aliphatic hydroxyl groups excluding tert-OH is 1. The van der Waals surface area contributed by atoms with Gasteiger partial charge in [0.2, 0.25) is 0 Å². The largest absolute Gasteiger partial charge is 0.390 e. The Morgan fingerprint density at radius 2 is 1.95 bits per heavy atom. The Hall–Kier alpha value is -0.950. The van der Waals surface area contributed by atoms with Crippen molar-refractivity contribution in [3.63, 3.8) is 0 Å². The molecule has 0 amide bonds. The Labute approximate surface area is 113 Å². The van der Waals surface area contributed by atoms with Crippen LogP contribution in [0.4, 0.5) is 0 Å². The second-order valence-electron chi connectivity index (χ2n) is 4.96. The maximum atomic E-state index is 11.6. The van der Waals surface area contributed by atoms with Crippen molar-refractivity contribution in [2.75, 3.05) is 24.6 Å². The van der Waals surface area contributed by atoms with Gasteiger partial charge < -0.3 is 10.8 Å². The topological polar surface area (TPSA) is 83.6 Å². The number of rotatable bonds is 5. The predicted octanol–water partition coefficient (Wildman–Crippen LogP) is -0.395. The van der Waals surface area contributed by atoms with Crippen LogP contribution in [-0.4, -0.2) is 55.2 Å². The highest BCUT2D eigenvalue weighted by Crippen LogP contribution is 2.20. The summed E-state index contributed by atoms with van der Waals surface area (Å²) < 4.78 is 23.2. The van der Waals surface area contributed by atoms with Crippen LogP contribution in [0.3, 0.4) is 0 Å². The molecule has 0 bridgehead atoms.